The fraction of sp³-hybridized carbons (Fsp3) is 0.235. The van der Waals surface area contributed by atoms with Crippen LogP contribution in [0.25, 0.3) is 11.1 Å². The van der Waals surface area contributed by atoms with Crippen molar-refractivity contribution < 1.29 is 4.79 Å². The first-order chi connectivity index (χ1) is 8.88. The van der Waals surface area contributed by atoms with Crippen LogP contribution in [0.15, 0.2) is 48.5 Å². The molecule has 0 unspecified atom stereocenters. The summed E-state index contributed by atoms with van der Waals surface area (Å²) in [5.41, 5.74) is 9.39. The third kappa shape index (κ3) is 3.02. The first-order valence-electron chi connectivity index (χ1n) is 6.39. The molecule has 2 N–H and O–H groups in total. The summed E-state index contributed by atoms with van der Waals surface area (Å²) in [6.07, 6.45) is 0. The number of hydrogen-bond acceptors (Lipinski definition) is 1. The number of amides is 1. The highest BCUT2D eigenvalue weighted by atomic mass is 16.1. The molecule has 2 heteroatoms. The number of carbonyl (C=O) groups is 1. The Labute approximate surface area is 114 Å². The maximum absolute atomic E-state index is 11.2. The second-order valence-electron chi connectivity index (χ2n) is 5.77. The van der Waals surface area contributed by atoms with Crippen LogP contribution in [0.4, 0.5) is 0 Å². The van der Waals surface area contributed by atoms with Gasteiger partial charge in [0, 0.05) is 5.56 Å². The fourth-order valence-corrected chi connectivity index (χ4v) is 2.01. The van der Waals surface area contributed by atoms with E-state index in [1.54, 1.807) is 6.07 Å². The van der Waals surface area contributed by atoms with Crippen molar-refractivity contribution in [2.45, 2.75) is 26.2 Å². The summed E-state index contributed by atoms with van der Waals surface area (Å²) in [5.74, 6) is -0.395. The summed E-state index contributed by atoms with van der Waals surface area (Å²) in [6.45, 7) is 6.57. The van der Waals surface area contributed by atoms with Crippen LogP contribution in [0.3, 0.4) is 0 Å². The molecule has 2 rings (SSSR count). The lowest BCUT2D eigenvalue weighted by atomic mass is 9.86. The van der Waals surface area contributed by atoms with Crippen molar-refractivity contribution in [3.05, 3.63) is 59.7 Å². The van der Waals surface area contributed by atoms with E-state index in [2.05, 4.69) is 45.0 Å². The molecule has 0 aliphatic rings. The first kappa shape index (κ1) is 13.3. The molecule has 0 bridgehead atoms. The third-order valence-electron chi connectivity index (χ3n) is 3.23. The quantitative estimate of drug-likeness (QED) is 0.870. The molecule has 0 aliphatic carbocycles. The van der Waals surface area contributed by atoms with E-state index in [-0.39, 0.29) is 5.41 Å². The van der Waals surface area contributed by atoms with Crippen LogP contribution >= 0.6 is 0 Å². The highest BCUT2D eigenvalue weighted by Crippen LogP contribution is 2.26. The molecule has 0 saturated heterocycles. The summed E-state index contributed by atoms with van der Waals surface area (Å²) < 4.78 is 0. The van der Waals surface area contributed by atoms with Crippen LogP contribution in [0.5, 0.6) is 0 Å². The zero-order valence-corrected chi connectivity index (χ0v) is 11.6. The molecule has 0 radical (unpaired) electrons. The Bertz CT molecular complexity index is 591. The van der Waals surface area contributed by atoms with Gasteiger partial charge in [-0.3, -0.25) is 4.79 Å². The van der Waals surface area contributed by atoms with Crippen LogP contribution in [0.1, 0.15) is 36.7 Å². The van der Waals surface area contributed by atoms with Crippen molar-refractivity contribution >= 4 is 5.91 Å². The standard InChI is InChI=1S/C17H19NO/c1-17(2,3)15-9-7-12(8-10-15)13-5-4-6-14(11-13)16(18)19/h4-11H,1-3H3,(H2,18,19). The van der Waals surface area contributed by atoms with Gasteiger partial charge in [0.25, 0.3) is 0 Å². The zero-order valence-electron chi connectivity index (χ0n) is 11.6. The molecule has 0 aliphatic heterocycles. The van der Waals surface area contributed by atoms with Crippen LogP contribution in [-0.2, 0) is 5.41 Å². The highest BCUT2D eigenvalue weighted by molar-refractivity contribution is 5.94. The van der Waals surface area contributed by atoms with E-state index in [9.17, 15) is 4.79 Å². The second-order valence-corrected chi connectivity index (χ2v) is 5.77. The first-order valence-corrected chi connectivity index (χ1v) is 6.39. The number of benzene rings is 2. The van der Waals surface area contributed by atoms with E-state index < -0.39 is 5.91 Å². The van der Waals surface area contributed by atoms with Crippen LogP contribution in [-0.4, -0.2) is 5.91 Å². The lowest BCUT2D eigenvalue weighted by molar-refractivity contribution is 0.100. The average molecular weight is 253 g/mol. The number of primary amides is 1. The molecular formula is C17H19NO. The van der Waals surface area contributed by atoms with Gasteiger partial charge in [0.1, 0.15) is 0 Å². The fourth-order valence-electron chi connectivity index (χ4n) is 2.01. The summed E-state index contributed by atoms with van der Waals surface area (Å²) in [7, 11) is 0. The maximum Gasteiger partial charge on any atom is 0.248 e. The predicted octanol–water partition coefficient (Wildman–Crippen LogP) is 3.75. The summed E-state index contributed by atoms with van der Waals surface area (Å²) in [5, 5.41) is 0. The number of rotatable bonds is 2. The minimum absolute atomic E-state index is 0.146. The molecule has 0 fully saturated rings. The van der Waals surface area contributed by atoms with Gasteiger partial charge in [0.15, 0.2) is 0 Å². The zero-order chi connectivity index (χ0) is 14.0. The number of carbonyl (C=O) groups excluding carboxylic acids is 1. The van der Waals surface area contributed by atoms with Crippen molar-refractivity contribution in [2.75, 3.05) is 0 Å². The van der Waals surface area contributed by atoms with Crippen molar-refractivity contribution in [3.8, 4) is 11.1 Å². The summed E-state index contributed by atoms with van der Waals surface area (Å²) in [4.78, 5) is 11.2. The van der Waals surface area contributed by atoms with Crippen molar-refractivity contribution in [1.82, 2.24) is 0 Å². The van der Waals surface area contributed by atoms with Gasteiger partial charge in [0.05, 0.1) is 0 Å². The Hall–Kier alpha value is -2.09. The lowest BCUT2D eigenvalue weighted by Gasteiger charge is -2.19. The molecular weight excluding hydrogens is 234 g/mol. The van der Waals surface area contributed by atoms with E-state index in [0.29, 0.717) is 5.56 Å². The molecule has 2 aromatic carbocycles. The monoisotopic (exact) mass is 253 g/mol. The molecule has 0 heterocycles. The van der Waals surface area contributed by atoms with Gasteiger partial charge in [-0.05, 0) is 34.2 Å². The summed E-state index contributed by atoms with van der Waals surface area (Å²) in [6, 6.07) is 15.8. The molecule has 2 aromatic rings. The van der Waals surface area contributed by atoms with Crippen molar-refractivity contribution in [1.29, 1.82) is 0 Å². The molecule has 0 atom stereocenters. The molecule has 98 valence electrons. The molecule has 0 spiro atoms. The third-order valence-corrected chi connectivity index (χ3v) is 3.23. The Morgan fingerprint density at radius 1 is 0.947 bits per heavy atom. The Kier molecular flexibility index (Phi) is 3.43. The van der Waals surface area contributed by atoms with E-state index in [1.165, 1.54) is 5.56 Å². The van der Waals surface area contributed by atoms with Crippen LogP contribution in [0.2, 0.25) is 0 Å². The van der Waals surface area contributed by atoms with E-state index >= 15 is 0 Å². The molecule has 0 aromatic heterocycles. The maximum atomic E-state index is 11.2. The number of hydrogen-bond donors (Lipinski definition) is 1. The largest absolute Gasteiger partial charge is 0.366 e. The minimum Gasteiger partial charge on any atom is -0.366 e. The van der Waals surface area contributed by atoms with Crippen molar-refractivity contribution in [2.24, 2.45) is 5.73 Å². The molecule has 19 heavy (non-hydrogen) atoms. The minimum atomic E-state index is -0.395. The van der Waals surface area contributed by atoms with Crippen LogP contribution < -0.4 is 5.73 Å². The Morgan fingerprint density at radius 2 is 1.58 bits per heavy atom. The molecule has 0 saturated carbocycles. The van der Waals surface area contributed by atoms with Gasteiger partial charge in [-0.1, -0.05) is 57.2 Å². The predicted molar refractivity (Wildman–Crippen MR) is 79.1 cm³/mol. The molecule has 1 amide bonds. The van der Waals surface area contributed by atoms with Crippen LogP contribution in [0, 0.1) is 0 Å². The smallest absolute Gasteiger partial charge is 0.248 e. The van der Waals surface area contributed by atoms with Gasteiger partial charge in [-0.2, -0.15) is 0 Å². The highest BCUT2D eigenvalue weighted by Gasteiger charge is 2.13. The van der Waals surface area contributed by atoms with Crippen molar-refractivity contribution in [3.63, 3.8) is 0 Å². The second kappa shape index (κ2) is 4.88. The van der Waals surface area contributed by atoms with Gasteiger partial charge in [-0.15, -0.1) is 0 Å². The molecule has 2 nitrogen and oxygen atoms in total. The average Bonchev–Trinajstić information content (AvgIpc) is 2.38. The van der Waals surface area contributed by atoms with E-state index in [4.69, 9.17) is 5.73 Å². The SMILES string of the molecule is CC(C)(C)c1ccc(-c2cccc(C(N)=O)c2)cc1. The van der Waals surface area contributed by atoms with Gasteiger partial charge < -0.3 is 5.73 Å². The number of nitrogens with two attached hydrogens (primary N) is 1. The van der Waals surface area contributed by atoms with Gasteiger partial charge >= 0.3 is 0 Å². The Morgan fingerprint density at radius 3 is 2.11 bits per heavy atom. The normalized spacial score (nSPS) is 11.3. The van der Waals surface area contributed by atoms with Gasteiger partial charge in [0.2, 0.25) is 5.91 Å². The lowest BCUT2D eigenvalue weighted by Crippen LogP contribution is -2.11. The summed E-state index contributed by atoms with van der Waals surface area (Å²) >= 11 is 0. The van der Waals surface area contributed by atoms with E-state index in [0.717, 1.165) is 11.1 Å². The Balaban J connectivity index is 2.37. The van der Waals surface area contributed by atoms with Gasteiger partial charge in [-0.25, -0.2) is 0 Å². The topological polar surface area (TPSA) is 43.1 Å². The van der Waals surface area contributed by atoms with E-state index in [1.807, 2.05) is 18.2 Å².